The van der Waals surface area contributed by atoms with Crippen LogP contribution in [0.5, 0.6) is 11.5 Å². The van der Waals surface area contributed by atoms with E-state index >= 15 is 0 Å². The molecule has 0 amide bonds. The van der Waals surface area contributed by atoms with Gasteiger partial charge in [-0.3, -0.25) is 9.59 Å². The number of carbonyl (C=O) groups excluding carboxylic acids is 2. The number of fused-ring (bicyclic) bond motifs is 11. The molecule has 3 aromatic carbocycles. The molecule has 0 spiro atoms. The molecule has 2 aliphatic carbocycles. The number of hydrogen-bond donors (Lipinski definition) is 4. The van der Waals surface area contributed by atoms with Gasteiger partial charge in [0.25, 0.3) is 11.6 Å². The zero-order valence-electron chi connectivity index (χ0n) is 16.2. The highest BCUT2D eigenvalue weighted by Gasteiger charge is 2.75. The summed E-state index contributed by atoms with van der Waals surface area (Å²) in [5.41, 5.74) is -4.72. The molecule has 0 aromatic heterocycles. The van der Waals surface area contributed by atoms with Crippen LogP contribution in [0.4, 0.5) is 0 Å². The van der Waals surface area contributed by atoms with Gasteiger partial charge in [0, 0.05) is 33.4 Å². The molecule has 7 rings (SSSR count). The minimum Gasteiger partial charge on any atom is -0.450 e. The quantitative estimate of drug-likeness (QED) is 0.414. The van der Waals surface area contributed by atoms with Crippen molar-refractivity contribution in [3.05, 3.63) is 94.0 Å². The average Bonchev–Trinajstić information content (AvgIpc) is 3.32. The normalized spacial score (nSPS) is 34.8. The molecule has 2 aliphatic heterocycles. The molecular weight excluding hydrogens is 416 g/mol. The van der Waals surface area contributed by atoms with E-state index in [4.69, 9.17) is 9.47 Å². The predicted octanol–water partition coefficient (Wildman–Crippen LogP) is 0.930. The van der Waals surface area contributed by atoms with E-state index in [1.165, 1.54) is 36.4 Å². The molecule has 0 fully saturated rings. The van der Waals surface area contributed by atoms with E-state index in [9.17, 15) is 30.0 Å². The van der Waals surface area contributed by atoms with E-state index in [0.29, 0.717) is 0 Å². The van der Waals surface area contributed by atoms with E-state index in [-0.39, 0.29) is 44.9 Å². The Morgan fingerprint density at radius 2 is 0.906 bits per heavy atom. The Balaban J connectivity index is 1.48. The highest BCUT2D eigenvalue weighted by atomic mass is 16.7. The first-order valence-electron chi connectivity index (χ1n) is 9.93. The number of hydrogen-bond acceptors (Lipinski definition) is 8. The van der Waals surface area contributed by atoms with Crippen molar-refractivity contribution in [3.8, 4) is 11.5 Å². The standard InChI is InChI=1S/C24H14O8/c25-19-11-5-1-3-7-13(11)23(29)21(19,27)15-9-10-16-18(17(15)31-23)32-24(30)14-8-4-2-6-12(14)20(26)22(16,24)28/h1-10,27-30H/t21-,22+,23-,24+. The van der Waals surface area contributed by atoms with Gasteiger partial charge in [-0.05, 0) is 0 Å². The number of aliphatic hydroxyl groups is 4. The monoisotopic (exact) mass is 430 g/mol. The number of ether oxygens (including phenoxy) is 2. The summed E-state index contributed by atoms with van der Waals surface area (Å²) in [7, 11) is 0. The molecule has 0 unspecified atom stereocenters. The summed E-state index contributed by atoms with van der Waals surface area (Å²) < 4.78 is 11.5. The predicted molar refractivity (Wildman–Crippen MR) is 105 cm³/mol. The molecule has 0 radical (unpaired) electrons. The highest BCUT2D eigenvalue weighted by Crippen LogP contribution is 2.66. The van der Waals surface area contributed by atoms with Crippen LogP contribution in [0.2, 0.25) is 0 Å². The first-order chi connectivity index (χ1) is 15.2. The Kier molecular flexibility index (Phi) is 2.78. The summed E-state index contributed by atoms with van der Waals surface area (Å²) in [5, 5.41) is 45.6. The van der Waals surface area contributed by atoms with Crippen molar-refractivity contribution < 1.29 is 39.5 Å². The summed E-state index contributed by atoms with van der Waals surface area (Å²) in [6.07, 6.45) is 0. The summed E-state index contributed by atoms with van der Waals surface area (Å²) in [4.78, 5) is 26.2. The minimum atomic E-state index is -2.46. The summed E-state index contributed by atoms with van der Waals surface area (Å²) in [6, 6.07) is 14.9. The van der Waals surface area contributed by atoms with Crippen LogP contribution in [0, 0.1) is 0 Å². The fourth-order valence-electron chi connectivity index (χ4n) is 5.54. The molecule has 8 heteroatoms. The van der Waals surface area contributed by atoms with Gasteiger partial charge in [-0.15, -0.1) is 0 Å². The third kappa shape index (κ3) is 1.48. The van der Waals surface area contributed by atoms with Crippen LogP contribution < -0.4 is 9.47 Å². The number of Topliss-reactive ketones (excluding diaryl/α,β-unsaturated/α-hetero) is 2. The van der Waals surface area contributed by atoms with Crippen LogP contribution in [0.15, 0.2) is 60.7 Å². The largest absolute Gasteiger partial charge is 0.450 e. The van der Waals surface area contributed by atoms with Gasteiger partial charge < -0.3 is 29.9 Å². The second-order valence-electron chi connectivity index (χ2n) is 8.48. The van der Waals surface area contributed by atoms with Gasteiger partial charge in [0.15, 0.2) is 11.5 Å². The molecule has 4 N–H and O–H groups in total. The van der Waals surface area contributed by atoms with Crippen molar-refractivity contribution in [1.29, 1.82) is 0 Å². The number of ketones is 2. The van der Waals surface area contributed by atoms with Crippen LogP contribution in [-0.2, 0) is 22.8 Å². The van der Waals surface area contributed by atoms with Crippen LogP contribution in [-0.4, -0.2) is 32.0 Å². The smallest absolute Gasteiger partial charge is 0.277 e. The van der Waals surface area contributed by atoms with Crippen molar-refractivity contribution in [1.82, 2.24) is 0 Å². The minimum absolute atomic E-state index is 0.0782. The van der Waals surface area contributed by atoms with E-state index in [2.05, 4.69) is 0 Å². The lowest BCUT2D eigenvalue weighted by Crippen LogP contribution is -2.49. The second-order valence-corrected chi connectivity index (χ2v) is 8.48. The summed E-state index contributed by atoms with van der Waals surface area (Å²) in [5.74, 6) is -6.84. The van der Waals surface area contributed by atoms with E-state index in [1.807, 2.05) is 0 Å². The molecule has 0 saturated carbocycles. The Labute approximate surface area is 179 Å². The van der Waals surface area contributed by atoms with Crippen molar-refractivity contribution in [2.24, 2.45) is 0 Å². The fourth-order valence-corrected chi connectivity index (χ4v) is 5.54. The third-order valence-corrected chi connectivity index (χ3v) is 7.10. The van der Waals surface area contributed by atoms with E-state index in [1.54, 1.807) is 24.3 Å². The van der Waals surface area contributed by atoms with Gasteiger partial charge in [-0.25, -0.2) is 0 Å². The van der Waals surface area contributed by atoms with Gasteiger partial charge in [0.05, 0.1) is 0 Å². The SMILES string of the molecule is O=C1c2ccccc2[C@]2(O)Oc3c(ccc4c3O[C@]3(O)c5ccccc5C(=O)[C@]43O)[C@]12O. The zero-order chi connectivity index (χ0) is 22.3. The zero-order valence-corrected chi connectivity index (χ0v) is 16.2. The molecule has 3 aromatic rings. The van der Waals surface area contributed by atoms with Crippen molar-refractivity contribution in [2.45, 2.75) is 22.8 Å². The average molecular weight is 430 g/mol. The molecular formula is C24H14O8. The lowest BCUT2D eigenvalue weighted by molar-refractivity contribution is -0.231. The van der Waals surface area contributed by atoms with Crippen LogP contribution in [0.3, 0.4) is 0 Å². The molecule has 0 saturated heterocycles. The van der Waals surface area contributed by atoms with E-state index in [0.717, 1.165) is 0 Å². The van der Waals surface area contributed by atoms with Crippen LogP contribution >= 0.6 is 0 Å². The van der Waals surface area contributed by atoms with Crippen molar-refractivity contribution >= 4 is 11.6 Å². The Hall–Kier alpha value is -3.56. The lowest BCUT2D eigenvalue weighted by Gasteiger charge is -2.29. The summed E-state index contributed by atoms with van der Waals surface area (Å²) >= 11 is 0. The van der Waals surface area contributed by atoms with Gasteiger partial charge in [-0.2, -0.15) is 0 Å². The maximum absolute atomic E-state index is 13.1. The third-order valence-electron chi connectivity index (χ3n) is 7.10. The number of benzene rings is 3. The molecule has 4 atom stereocenters. The van der Waals surface area contributed by atoms with Crippen molar-refractivity contribution in [2.75, 3.05) is 0 Å². The van der Waals surface area contributed by atoms with Crippen LogP contribution in [0.25, 0.3) is 0 Å². The lowest BCUT2D eigenvalue weighted by atomic mass is 9.83. The molecule has 2 heterocycles. The molecule has 32 heavy (non-hydrogen) atoms. The molecule has 4 aliphatic rings. The van der Waals surface area contributed by atoms with Gasteiger partial charge in [0.1, 0.15) is 0 Å². The topological polar surface area (TPSA) is 134 Å². The first kappa shape index (κ1) is 18.1. The van der Waals surface area contributed by atoms with Crippen LogP contribution in [0.1, 0.15) is 43.0 Å². The Morgan fingerprint density at radius 1 is 0.531 bits per heavy atom. The second kappa shape index (κ2) is 4.92. The maximum Gasteiger partial charge on any atom is 0.277 e. The molecule has 8 nitrogen and oxygen atoms in total. The fraction of sp³-hybridized carbons (Fsp3) is 0.167. The maximum atomic E-state index is 13.1. The first-order valence-corrected chi connectivity index (χ1v) is 9.93. The van der Waals surface area contributed by atoms with Gasteiger partial charge in [-0.1, -0.05) is 60.7 Å². The van der Waals surface area contributed by atoms with Gasteiger partial charge in [0.2, 0.25) is 22.8 Å². The Bertz CT molecular complexity index is 1340. The molecule has 158 valence electrons. The number of carbonyl (C=O) groups is 2. The highest BCUT2D eigenvalue weighted by molar-refractivity contribution is 6.11. The summed E-state index contributed by atoms with van der Waals surface area (Å²) in [6.45, 7) is 0. The van der Waals surface area contributed by atoms with Crippen molar-refractivity contribution in [3.63, 3.8) is 0 Å². The number of rotatable bonds is 0. The molecule has 0 bridgehead atoms. The van der Waals surface area contributed by atoms with Gasteiger partial charge >= 0.3 is 0 Å². The van der Waals surface area contributed by atoms with E-state index < -0.39 is 34.3 Å². The Morgan fingerprint density at radius 3 is 1.31 bits per heavy atom.